The van der Waals surface area contributed by atoms with E-state index in [9.17, 15) is 19.5 Å². The van der Waals surface area contributed by atoms with Gasteiger partial charge in [-0.15, -0.1) is 11.8 Å². The molecule has 1 saturated heterocycles. The van der Waals surface area contributed by atoms with E-state index in [0.717, 1.165) is 4.90 Å². The van der Waals surface area contributed by atoms with Crippen molar-refractivity contribution in [3.8, 4) is 5.88 Å². The second kappa shape index (κ2) is 9.99. The molecule has 11 nitrogen and oxygen atoms in total. The predicted octanol–water partition coefficient (Wildman–Crippen LogP) is 1.73. The Morgan fingerprint density at radius 3 is 3.03 bits per heavy atom. The number of ether oxygens (including phenoxy) is 2. The zero-order chi connectivity index (χ0) is 25.2. The van der Waals surface area contributed by atoms with Crippen molar-refractivity contribution in [2.24, 2.45) is 0 Å². The quantitative estimate of drug-likeness (QED) is 0.434. The van der Waals surface area contributed by atoms with E-state index in [1.165, 1.54) is 23.8 Å². The van der Waals surface area contributed by atoms with Crippen LogP contribution in [0.3, 0.4) is 0 Å². The number of carbonyl (C=O) groups is 3. The normalized spacial score (nSPS) is 17.8. The second-order valence-corrected chi connectivity index (χ2v) is 9.31. The molecule has 0 saturated carbocycles. The molecule has 3 amide bonds. The fourth-order valence-electron chi connectivity index (χ4n) is 4.05. The van der Waals surface area contributed by atoms with E-state index in [1.54, 1.807) is 36.5 Å². The number of methoxy groups -OCH3 is 1. The first-order valence-corrected chi connectivity index (χ1v) is 12.2. The molecule has 5 rings (SSSR count). The number of rotatable bonds is 7. The Kier molecular flexibility index (Phi) is 6.61. The van der Waals surface area contributed by atoms with Crippen molar-refractivity contribution in [1.82, 2.24) is 15.3 Å². The van der Waals surface area contributed by atoms with Crippen LogP contribution in [0.1, 0.15) is 5.56 Å². The molecule has 3 aromatic rings. The van der Waals surface area contributed by atoms with Crippen LogP contribution in [0.2, 0.25) is 0 Å². The lowest BCUT2D eigenvalue weighted by Crippen LogP contribution is -2.41. The van der Waals surface area contributed by atoms with Gasteiger partial charge in [-0.1, -0.05) is 0 Å². The van der Waals surface area contributed by atoms with E-state index < -0.39 is 24.2 Å². The summed E-state index contributed by atoms with van der Waals surface area (Å²) in [5, 5.41) is 16.0. The highest BCUT2D eigenvalue weighted by atomic mass is 32.2. The maximum atomic E-state index is 12.6. The number of cyclic esters (lactones) is 1. The molecular weight excluding hydrogens is 486 g/mol. The lowest BCUT2D eigenvalue weighted by Gasteiger charge is -2.20. The SMILES string of the molecule is COc1ccc2nccc(C[C@H](O)C(=O)NCC3CN(c4ccc5c(c4)NC(=O)CS5)C(=O)O3)c2n1. The average Bonchev–Trinajstić information content (AvgIpc) is 3.27. The van der Waals surface area contributed by atoms with Gasteiger partial charge >= 0.3 is 6.09 Å². The summed E-state index contributed by atoms with van der Waals surface area (Å²) in [6, 6.07) is 10.5. The van der Waals surface area contributed by atoms with Crippen molar-refractivity contribution in [1.29, 1.82) is 0 Å². The van der Waals surface area contributed by atoms with Crippen LogP contribution < -0.4 is 20.3 Å². The molecule has 186 valence electrons. The minimum absolute atomic E-state index is 0.0282. The molecule has 1 unspecified atom stereocenters. The number of hydrogen-bond donors (Lipinski definition) is 3. The molecule has 1 fully saturated rings. The number of pyridine rings is 2. The summed E-state index contributed by atoms with van der Waals surface area (Å²) in [6.07, 6.45) is -0.860. The van der Waals surface area contributed by atoms with Gasteiger partial charge in [0.1, 0.15) is 12.2 Å². The Hall–Kier alpha value is -3.90. The lowest BCUT2D eigenvalue weighted by atomic mass is 10.1. The van der Waals surface area contributed by atoms with Crippen molar-refractivity contribution < 1.29 is 29.0 Å². The third-order valence-corrected chi connectivity index (χ3v) is 6.93. The molecule has 0 bridgehead atoms. The average molecular weight is 510 g/mol. The minimum atomic E-state index is -1.33. The summed E-state index contributed by atoms with van der Waals surface area (Å²) in [5.41, 5.74) is 3.06. The Balaban J connectivity index is 1.19. The Morgan fingerprint density at radius 2 is 2.19 bits per heavy atom. The van der Waals surface area contributed by atoms with Crippen molar-refractivity contribution in [2.75, 3.05) is 36.2 Å². The predicted molar refractivity (Wildman–Crippen MR) is 132 cm³/mol. The van der Waals surface area contributed by atoms with Crippen LogP contribution in [0.25, 0.3) is 11.0 Å². The highest BCUT2D eigenvalue weighted by molar-refractivity contribution is 8.00. The molecule has 1 aromatic carbocycles. The highest BCUT2D eigenvalue weighted by Gasteiger charge is 2.33. The molecule has 4 heterocycles. The van der Waals surface area contributed by atoms with Crippen molar-refractivity contribution in [2.45, 2.75) is 23.5 Å². The fourth-order valence-corrected chi connectivity index (χ4v) is 4.84. The van der Waals surface area contributed by atoms with Gasteiger partial charge in [0.15, 0.2) is 0 Å². The first-order valence-electron chi connectivity index (χ1n) is 11.2. The molecular formula is C24H23N5O6S. The number of fused-ring (bicyclic) bond motifs is 2. The third kappa shape index (κ3) is 4.90. The van der Waals surface area contributed by atoms with Crippen molar-refractivity contribution in [3.63, 3.8) is 0 Å². The Bertz CT molecular complexity index is 1350. The molecule has 36 heavy (non-hydrogen) atoms. The van der Waals surface area contributed by atoms with Gasteiger partial charge in [-0.2, -0.15) is 0 Å². The van der Waals surface area contributed by atoms with Crippen LogP contribution in [-0.2, 0) is 20.7 Å². The van der Waals surface area contributed by atoms with Crippen molar-refractivity contribution >= 4 is 52.1 Å². The number of nitrogens with zero attached hydrogens (tertiary/aromatic N) is 3. The third-order valence-electron chi connectivity index (χ3n) is 5.85. The Morgan fingerprint density at radius 1 is 1.33 bits per heavy atom. The molecule has 0 aliphatic carbocycles. The second-order valence-electron chi connectivity index (χ2n) is 8.29. The number of aromatic nitrogens is 2. The summed E-state index contributed by atoms with van der Waals surface area (Å²) in [7, 11) is 1.51. The van der Waals surface area contributed by atoms with Crippen LogP contribution in [0, 0.1) is 0 Å². The summed E-state index contributed by atoms with van der Waals surface area (Å²) in [4.78, 5) is 47.7. The van der Waals surface area contributed by atoms with E-state index in [2.05, 4.69) is 20.6 Å². The largest absolute Gasteiger partial charge is 0.481 e. The first kappa shape index (κ1) is 23.8. The van der Waals surface area contributed by atoms with E-state index >= 15 is 0 Å². The maximum absolute atomic E-state index is 12.6. The van der Waals surface area contributed by atoms with Gasteiger partial charge < -0.3 is 25.2 Å². The summed E-state index contributed by atoms with van der Waals surface area (Å²) in [5.74, 6) is 0.0742. The van der Waals surface area contributed by atoms with Gasteiger partial charge in [-0.25, -0.2) is 9.78 Å². The number of hydrogen-bond acceptors (Lipinski definition) is 9. The summed E-state index contributed by atoms with van der Waals surface area (Å²) < 4.78 is 10.6. The van der Waals surface area contributed by atoms with Gasteiger partial charge in [-0.3, -0.25) is 19.5 Å². The molecule has 2 aromatic heterocycles. The summed E-state index contributed by atoms with van der Waals surface area (Å²) in [6.45, 7) is 0.257. The van der Waals surface area contributed by atoms with Crippen LogP contribution in [0.4, 0.5) is 16.2 Å². The molecule has 0 radical (unpaired) electrons. The van der Waals surface area contributed by atoms with Gasteiger partial charge in [0.2, 0.25) is 17.7 Å². The molecule has 0 spiro atoms. The smallest absolute Gasteiger partial charge is 0.414 e. The minimum Gasteiger partial charge on any atom is -0.481 e. The van der Waals surface area contributed by atoms with E-state index in [1.807, 2.05) is 6.07 Å². The van der Waals surface area contributed by atoms with E-state index in [-0.39, 0.29) is 25.4 Å². The van der Waals surface area contributed by atoms with Crippen LogP contribution in [0.15, 0.2) is 47.5 Å². The number of nitrogens with one attached hydrogen (secondary N) is 2. The maximum Gasteiger partial charge on any atom is 0.414 e. The topological polar surface area (TPSA) is 143 Å². The van der Waals surface area contributed by atoms with Crippen LogP contribution >= 0.6 is 11.8 Å². The van der Waals surface area contributed by atoms with Crippen molar-refractivity contribution in [3.05, 3.63) is 48.2 Å². The number of aliphatic hydroxyl groups is 1. The number of amides is 3. The molecule has 2 atom stereocenters. The van der Waals surface area contributed by atoms with E-state index in [4.69, 9.17) is 9.47 Å². The van der Waals surface area contributed by atoms with Crippen LogP contribution in [0.5, 0.6) is 5.88 Å². The number of aliphatic hydroxyl groups excluding tert-OH is 1. The van der Waals surface area contributed by atoms with Crippen LogP contribution in [-0.4, -0.2) is 71.1 Å². The van der Waals surface area contributed by atoms with E-state index in [0.29, 0.717) is 39.6 Å². The monoisotopic (exact) mass is 509 g/mol. The number of thioether (sulfide) groups is 1. The van der Waals surface area contributed by atoms with Gasteiger partial charge in [0, 0.05) is 29.3 Å². The number of anilines is 2. The first-order chi connectivity index (χ1) is 17.4. The van der Waals surface area contributed by atoms with Gasteiger partial charge in [0.25, 0.3) is 0 Å². The summed E-state index contributed by atoms with van der Waals surface area (Å²) >= 11 is 1.43. The molecule has 2 aliphatic heterocycles. The highest BCUT2D eigenvalue weighted by Crippen LogP contribution is 2.35. The molecule has 2 aliphatic rings. The standard InChI is InChI=1S/C24H23N5O6S/c1-34-21-5-3-16-22(28-21)13(6-7-25-16)8-18(30)23(32)26-10-15-11-29(24(33)35-15)14-2-4-19-17(9-14)27-20(31)12-36-19/h2-7,9,15,18,30H,8,10-12H2,1H3,(H,26,32)(H,27,31)/t15?,18-/m0/s1. The number of benzene rings is 1. The fraction of sp³-hybridized carbons (Fsp3) is 0.292. The zero-order valence-corrected chi connectivity index (χ0v) is 20.1. The zero-order valence-electron chi connectivity index (χ0n) is 19.3. The molecule has 3 N–H and O–H groups in total. The van der Waals surface area contributed by atoms with Gasteiger partial charge in [0.05, 0.1) is 42.7 Å². The molecule has 12 heteroatoms. The Labute approximate surface area is 210 Å². The number of carbonyl (C=O) groups excluding carboxylic acids is 3. The van der Waals surface area contributed by atoms with Gasteiger partial charge in [-0.05, 0) is 35.9 Å². The lowest BCUT2D eigenvalue weighted by molar-refractivity contribution is -0.129.